The van der Waals surface area contributed by atoms with Crippen molar-refractivity contribution in [3.05, 3.63) is 112 Å². The first-order chi connectivity index (χ1) is 16.7. The first-order valence-electron chi connectivity index (χ1n) is 9.96. The van der Waals surface area contributed by atoms with Crippen molar-refractivity contribution in [3.8, 4) is 0 Å². The third-order valence-corrected chi connectivity index (χ3v) is 9.77. The SMILES string of the molecule is O=CC1=C(C=O)SC(=C(/C=C/C(=C2SC(C=O)=C(C=O)S2)c2ccccc2)c2ccccc2)S1. The van der Waals surface area contributed by atoms with E-state index < -0.39 is 0 Å². The molecule has 0 saturated carbocycles. The van der Waals surface area contributed by atoms with Gasteiger partial charge in [0, 0.05) is 11.1 Å². The van der Waals surface area contributed by atoms with Crippen molar-refractivity contribution in [3.63, 3.8) is 0 Å². The number of aldehydes is 4. The number of allylic oxidation sites excluding steroid dienone is 8. The van der Waals surface area contributed by atoms with E-state index in [0.29, 0.717) is 44.8 Å². The van der Waals surface area contributed by atoms with Crippen molar-refractivity contribution in [1.29, 1.82) is 0 Å². The molecular formula is C26H16O4S4. The van der Waals surface area contributed by atoms with E-state index in [2.05, 4.69) is 0 Å². The molecule has 2 aliphatic rings. The van der Waals surface area contributed by atoms with Gasteiger partial charge in [0.2, 0.25) is 0 Å². The summed E-state index contributed by atoms with van der Waals surface area (Å²) in [4.78, 5) is 47.4. The second-order valence-corrected chi connectivity index (χ2v) is 11.5. The van der Waals surface area contributed by atoms with E-state index in [1.54, 1.807) is 0 Å². The van der Waals surface area contributed by atoms with Gasteiger partial charge < -0.3 is 0 Å². The van der Waals surface area contributed by atoms with Crippen LogP contribution in [0.15, 0.2) is 101 Å². The fourth-order valence-corrected chi connectivity index (χ4v) is 7.84. The van der Waals surface area contributed by atoms with Crippen molar-refractivity contribution in [2.75, 3.05) is 0 Å². The highest BCUT2D eigenvalue weighted by molar-refractivity contribution is 8.30. The molecule has 0 N–H and O–H groups in total. The number of carbonyl (C=O) groups excluding carboxylic acids is 4. The van der Waals surface area contributed by atoms with Crippen LogP contribution in [-0.4, -0.2) is 25.1 Å². The highest BCUT2D eigenvalue weighted by Gasteiger charge is 2.25. The van der Waals surface area contributed by atoms with Crippen LogP contribution >= 0.6 is 47.0 Å². The Hall–Kier alpha value is -2.78. The summed E-state index contributed by atoms with van der Waals surface area (Å²) in [6.45, 7) is 0. The van der Waals surface area contributed by atoms with Gasteiger partial charge in [-0.05, 0) is 11.1 Å². The zero-order chi connectivity index (χ0) is 23.9. The largest absolute Gasteiger partial charge is 0.297 e. The van der Waals surface area contributed by atoms with E-state index in [-0.39, 0.29) is 0 Å². The predicted octanol–water partition coefficient (Wildman–Crippen LogP) is 6.46. The summed E-state index contributed by atoms with van der Waals surface area (Å²) in [6, 6.07) is 19.4. The Morgan fingerprint density at radius 1 is 0.471 bits per heavy atom. The van der Waals surface area contributed by atoms with E-state index in [1.165, 1.54) is 47.0 Å². The molecule has 0 radical (unpaired) electrons. The number of rotatable bonds is 8. The molecule has 2 aromatic rings. The summed E-state index contributed by atoms with van der Waals surface area (Å²) in [6.07, 6.45) is 6.73. The molecule has 0 spiro atoms. The van der Waals surface area contributed by atoms with Crippen LogP contribution in [0.1, 0.15) is 11.1 Å². The van der Waals surface area contributed by atoms with Gasteiger partial charge in [-0.3, -0.25) is 19.2 Å². The summed E-state index contributed by atoms with van der Waals surface area (Å²) < 4.78 is 1.66. The molecule has 0 fully saturated rings. The third-order valence-electron chi connectivity index (χ3n) is 4.75. The molecule has 0 saturated heterocycles. The second kappa shape index (κ2) is 11.6. The average molecular weight is 521 g/mol. The lowest BCUT2D eigenvalue weighted by molar-refractivity contribution is -0.106. The fraction of sp³-hybridized carbons (Fsp3) is 0. The molecular weight excluding hydrogens is 505 g/mol. The highest BCUT2D eigenvalue weighted by Crippen LogP contribution is 2.53. The minimum atomic E-state index is 0.399. The topological polar surface area (TPSA) is 68.3 Å². The van der Waals surface area contributed by atoms with Gasteiger partial charge in [0.1, 0.15) is 0 Å². The van der Waals surface area contributed by atoms with Crippen LogP contribution in [0.5, 0.6) is 0 Å². The Morgan fingerprint density at radius 3 is 1.03 bits per heavy atom. The average Bonchev–Trinajstić information content (AvgIpc) is 3.51. The van der Waals surface area contributed by atoms with Crippen LogP contribution in [0.25, 0.3) is 11.1 Å². The minimum absolute atomic E-state index is 0.399. The van der Waals surface area contributed by atoms with E-state index in [9.17, 15) is 19.2 Å². The summed E-state index contributed by atoms with van der Waals surface area (Å²) in [7, 11) is 0. The van der Waals surface area contributed by atoms with Gasteiger partial charge in [0.05, 0.1) is 28.1 Å². The van der Waals surface area contributed by atoms with Crippen LogP contribution in [-0.2, 0) is 19.2 Å². The number of hydrogen-bond donors (Lipinski definition) is 0. The van der Waals surface area contributed by atoms with Crippen molar-refractivity contribution < 1.29 is 19.2 Å². The van der Waals surface area contributed by atoms with Gasteiger partial charge in [-0.2, -0.15) is 0 Å². The molecule has 0 bridgehead atoms. The molecule has 4 nitrogen and oxygen atoms in total. The van der Waals surface area contributed by atoms with Crippen molar-refractivity contribution >= 4 is 83.3 Å². The van der Waals surface area contributed by atoms with Gasteiger partial charge in [0.15, 0.2) is 25.1 Å². The fourth-order valence-electron chi connectivity index (χ4n) is 3.16. The summed E-state index contributed by atoms with van der Waals surface area (Å²) in [5, 5.41) is 0. The van der Waals surface area contributed by atoms with Crippen molar-refractivity contribution in [2.24, 2.45) is 0 Å². The van der Waals surface area contributed by atoms with Crippen LogP contribution in [0, 0.1) is 0 Å². The van der Waals surface area contributed by atoms with E-state index in [0.717, 1.165) is 30.7 Å². The molecule has 0 aromatic heterocycles. The summed E-state index contributed by atoms with van der Waals surface area (Å²) in [5.74, 6) is 0. The van der Waals surface area contributed by atoms with Gasteiger partial charge in [0.25, 0.3) is 0 Å². The van der Waals surface area contributed by atoms with Crippen molar-refractivity contribution in [1.82, 2.24) is 0 Å². The van der Waals surface area contributed by atoms with Crippen LogP contribution in [0.2, 0.25) is 0 Å². The molecule has 2 aromatic carbocycles. The molecule has 34 heavy (non-hydrogen) atoms. The lowest BCUT2D eigenvalue weighted by atomic mass is 10.0. The molecule has 4 rings (SSSR count). The maximum atomic E-state index is 11.5. The Kier molecular flexibility index (Phi) is 8.29. The summed E-state index contributed by atoms with van der Waals surface area (Å²) >= 11 is 5.11. The number of benzene rings is 2. The molecule has 0 atom stereocenters. The molecule has 0 aliphatic carbocycles. The van der Waals surface area contributed by atoms with Gasteiger partial charge in [-0.25, -0.2) is 0 Å². The van der Waals surface area contributed by atoms with E-state index in [1.807, 2.05) is 72.8 Å². The van der Waals surface area contributed by atoms with Crippen molar-refractivity contribution in [2.45, 2.75) is 0 Å². The Bertz CT molecular complexity index is 1160. The maximum Gasteiger partial charge on any atom is 0.158 e. The number of thioether (sulfide) groups is 4. The molecule has 0 amide bonds. The first-order valence-corrected chi connectivity index (χ1v) is 13.2. The summed E-state index contributed by atoms with van der Waals surface area (Å²) in [5.41, 5.74) is 3.62. The number of carbonyl (C=O) groups is 4. The standard InChI is InChI=1S/C26H16O4S4/c27-13-21-22(14-28)32-25(31-21)19(17-7-3-1-4-8-17)11-12-20(18-9-5-2-6-10-18)26-33-23(15-29)24(16-30)34-26/h1-16H/b12-11+. The minimum Gasteiger partial charge on any atom is -0.297 e. The Morgan fingerprint density at radius 2 is 0.765 bits per heavy atom. The molecule has 168 valence electrons. The van der Waals surface area contributed by atoms with Gasteiger partial charge >= 0.3 is 0 Å². The zero-order valence-electron chi connectivity index (χ0n) is 17.5. The van der Waals surface area contributed by atoms with E-state index in [4.69, 9.17) is 0 Å². The first kappa shape index (κ1) is 24.3. The Balaban J connectivity index is 1.81. The highest BCUT2D eigenvalue weighted by atomic mass is 32.2. The van der Waals surface area contributed by atoms with Gasteiger partial charge in [-0.1, -0.05) is 120 Å². The zero-order valence-corrected chi connectivity index (χ0v) is 20.8. The lowest BCUT2D eigenvalue weighted by Gasteiger charge is -2.10. The number of hydrogen-bond acceptors (Lipinski definition) is 8. The lowest BCUT2D eigenvalue weighted by Crippen LogP contribution is -1.87. The molecule has 2 heterocycles. The second-order valence-electron chi connectivity index (χ2n) is 6.80. The predicted molar refractivity (Wildman–Crippen MR) is 145 cm³/mol. The molecule has 2 aliphatic heterocycles. The van der Waals surface area contributed by atoms with E-state index >= 15 is 0 Å². The van der Waals surface area contributed by atoms with Crippen LogP contribution in [0.4, 0.5) is 0 Å². The Labute approximate surface area is 213 Å². The van der Waals surface area contributed by atoms with Gasteiger partial charge in [-0.15, -0.1) is 0 Å². The third kappa shape index (κ3) is 5.31. The van der Waals surface area contributed by atoms with Crippen LogP contribution in [0.3, 0.4) is 0 Å². The maximum absolute atomic E-state index is 11.5. The smallest absolute Gasteiger partial charge is 0.158 e. The molecule has 8 heteroatoms. The van der Waals surface area contributed by atoms with Crippen LogP contribution < -0.4 is 0 Å². The molecule has 0 unspecified atom stereocenters. The quantitative estimate of drug-likeness (QED) is 0.368. The monoisotopic (exact) mass is 520 g/mol. The normalized spacial score (nSPS) is 15.8.